The SMILES string of the molecule is C=C1CCC1.C=C1CCC1. The molecule has 0 saturated heterocycles. The van der Waals surface area contributed by atoms with Crippen LogP contribution >= 0.6 is 0 Å². The Balaban J connectivity index is 0.0000001000. The van der Waals surface area contributed by atoms with Crippen LogP contribution in [0.3, 0.4) is 0 Å². The lowest BCUT2D eigenvalue weighted by molar-refractivity contribution is 0.667. The van der Waals surface area contributed by atoms with Crippen LogP contribution in [-0.2, 0) is 0 Å². The minimum absolute atomic E-state index is 1.29. The fourth-order valence-corrected chi connectivity index (χ4v) is 0.854. The van der Waals surface area contributed by atoms with Gasteiger partial charge in [0.1, 0.15) is 0 Å². The Morgan fingerprint density at radius 3 is 0.900 bits per heavy atom. The van der Waals surface area contributed by atoms with Crippen molar-refractivity contribution in [2.45, 2.75) is 38.5 Å². The van der Waals surface area contributed by atoms with Gasteiger partial charge in [-0.25, -0.2) is 0 Å². The predicted molar refractivity (Wildman–Crippen MR) is 46.0 cm³/mol. The average Bonchev–Trinajstić information content (AvgIpc) is 1.80. The second-order valence-corrected chi connectivity index (χ2v) is 3.21. The Bertz CT molecular complexity index is 112. The summed E-state index contributed by atoms with van der Waals surface area (Å²) in [6.45, 7) is 7.52. The molecule has 10 heavy (non-hydrogen) atoms. The highest BCUT2D eigenvalue weighted by molar-refractivity contribution is 5.02. The lowest BCUT2D eigenvalue weighted by Crippen LogP contribution is -1.92. The Labute approximate surface area is 63.6 Å². The van der Waals surface area contributed by atoms with Crippen molar-refractivity contribution in [3.63, 3.8) is 0 Å². The van der Waals surface area contributed by atoms with Crippen LogP contribution in [0.2, 0.25) is 0 Å². The first-order valence-corrected chi connectivity index (χ1v) is 4.12. The Morgan fingerprint density at radius 2 is 0.900 bits per heavy atom. The van der Waals surface area contributed by atoms with Gasteiger partial charge in [-0.3, -0.25) is 0 Å². The molecule has 2 fully saturated rings. The van der Waals surface area contributed by atoms with Crippen LogP contribution in [0.5, 0.6) is 0 Å². The molecule has 0 aromatic heterocycles. The van der Waals surface area contributed by atoms with Gasteiger partial charge in [-0.2, -0.15) is 0 Å². The van der Waals surface area contributed by atoms with E-state index in [2.05, 4.69) is 13.2 Å². The van der Waals surface area contributed by atoms with Crippen LogP contribution in [0.4, 0.5) is 0 Å². The van der Waals surface area contributed by atoms with Gasteiger partial charge in [0.25, 0.3) is 0 Å². The minimum Gasteiger partial charge on any atom is -0.0999 e. The molecular formula is C10H16. The van der Waals surface area contributed by atoms with Crippen molar-refractivity contribution in [2.24, 2.45) is 0 Å². The topological polar surface area (TPSA) is 0 Å². The standard InChI is InChI=1S/2C5H8/c2*1-5-3-2-4-5/h2*1-4H2. The molecule has 0 bridgehead atoms. The zero-order valence-corrected chi connectivity index (χ0v) is 6.66. The second kappa shape index (κ2) is 3.60. The quantitative estimate of drug-likeness (QED) is 0.447. The normalized spacial score (nSPS) is 22.0. The molecule has 0 spiro atoms. The van der Waals surface area contributed by atoms with Gasteiger partial charge in [0.2, 0.25) is 0 Å². The van der Waals surface area contributed by atoms with E-state index in [4.69, 9.17) is 0 Å². The molecule has 56 valence electrons. The third-order valence-corrected chi connectivity index (χ3v) is 2.12. The zero-order valence-electron chi connectivity index (χ0n) is 6.66. The van der Waals surface area contributed by atoms with Crippen molar-refractivity contribution in [3.05, 3.63) is 24.3 Å². The molecule has 0 atom stereocenters. The molecule has 0 N–H and O–H groups in total. The lowest BCUT2D eigenvalue weighted by Gasteiger charge is -2.11. The summed E-state index contributed by atoms with van der Waals surface area (Å²) in [5.74, 6) is 0. The van der Waals surface area contributed by atoms with E-state index < -0.39 is 0 Å². The molecule has 0 unspecified atom stereocenters. The van der Waals surface area contributed by atoms with Gasteiger partial charge in [-0.1, -0.05) is 24.3 Å². The fourth-order valence-electron chi connectivity index (χ4n) is 0.854. The molecule has 0 aromatic carbocycles. The van der Waals surface area contributed by atoms with Crippen molar-refractivity contribution in [1.82, 2.24) is 0 Å². The summed E-state index contributed by atoms with van der Waals surface area (Å²) in [7, 11) is 0. The van der Waals surface area contributed by atoms with E-state index in [1.807, 2.05) is 0 Å². The molecule has 0 nitrogen and oxygen atoms in total. The van der Waals surface area contributed by atoms with E-state index in [1.54, 1.807) is 0 Å². The van der Waals surface area contributed by atoms with Crippen molar-refractivity contribution < 1.29 is 0 Å². The highest BCUT2D eigenvalue weighted by Gasteiger charge is 2.02. The maximum absolute atomic E-state index is 3.76. The molecule has 2 aliphatic carbocycles. The summed E-state index contributed by atoms with van der Waals surface area (Å²) in [4.78, 5) is 0. The summed E-state index contributed by atoms with van der Waals surface area (Å²) in [6, 6.07) is 0. The average molecular weight is 136 g/mol. The molecule has 2 aliphatic rings. The third-order valence-electron chi connectivity index (χ3n) is 2.12. The summed E-state index contributed by atoms with van der Waals surface area (Å²) in [5.41, 5.74) is 2.87. The first kappa shape index (κ1) is 7.59. The molecular weight excluding hydrogens is 120 g/mol. The van der Waals surface area contributed by atoms with E-state index in [9.17, 15) is 0 Å². The van der Waals surface area contributed by atoms with Crippen molar-refractivity contribution in [2.75, 3.05) is 0 Å². The first-order chi connectivity index (χ1) is 4.79. The number of hydrogen-bond donors (Lipinski definition) is 0. The smallest absolute Gasteiger partial charge is 0.0320 e. The largest absolute Gasteiger partial charge is 0.0999 e. The molecule has 0 heterocycles. The van der Waals surface area contributed by atoms with E-state index in [-0.39, 0.29) is 0 Å². The van der Waals surface area contributed by atoms with Crippen LogP contribution in [0.1, 0.15) is 38.5 Å². The second-order valence-electron chi connectivity index (χ2n) is 3.21. The van der Waals surface area contributed by atoms with Crippen LogP contribution in [0.15, 0.2) is 24.3 Å². The molecule has 2 rings (SSSR count). The van der Waals surface area contributed by atoms with Crippen LogP contribution in [0.25, 0.3) is 0 Å². The fraction of sp³-hybridized carbons (Fsp3) is 0.600. The lowest BCUT2D eigenvalue weighted by atomic mass is 9.95. The Morgan fingerprint density at radius 1 is 0.700 bits per heavy atom. The summed E-state index contributed by atoms with van der Waals surface area (Å²) >= 11 is 0. The minimum atomic E-state index is 1.29. The van der Waals surface area contributed by atoms with E-state index in [0.717, 1.165) is 0 Å². The van der Waals surface area contributed by atoms with Crippen LogP contribution in [0, 0.1) is 0 Å². The molecule has 0 aliphatic heterocycles. The first-order valence-electron chi connectivity index (χ1n) is 4.12. The van der Waals surface area contributed by atoms with Gasteiger partial charge in [0, 0.05) is 0 Å². The van der Waals surface area contributed by atoms with Crippen molar-refractivity contribution in [1.29, 1.82) is 0 Å². The summed E-state index contributed by atoms with van der Waals surface area (Å²) in [5, 5.41) is 0. The predicted octanol–water partition coefficient (Wildman–Crippen LogP) is 3.45. The number of allylic oxidation sites excluding steroid dienone is 2. The van der Waals surface area contributed by atoms with Crippen molar-refractivity contribution in [3.8, 4) is 0 Å². The van der Waals surface area contributed by atoms with Crippen LogP contribution < -0.4 is 0 Å². The van der Waals surface area contributed by atoms with Gasteiger partial charge >= 0.3 is 0 Å². The monoisotopic (exact) mass is 136 g/mol. The van der Waals surface area contributed by atoms with Crippen LogP contribution in [-0.4, -0.2) is 0 Å². The van der Waals surface area contributed by atoms with Gasteiger partial charge in [0.15, 0.2) is 0 Å². The molecule has 0 aromatic rings. The zero-order chi connectivity index (χ0) is 7.40. The maximum Gasteiger partial charge on any atom is -0.0320 e. The number of rotatable bonds is 0. The highest BCUT2D eigenvalue weighted by atomic mass is 14.1. The summed E-state index contributed by atoms with van der Waals surface area (Å²) < 4.78 is 0. The Kier molecular flexibility index (Phi) is 2.73. The third kappa shape index (κ3) is 2.38. The van der Waals surface area contributed by atoms with Gasteiger partial charge in [-0.05, 0) is 38.5 Å². The molecule has 0 radical (unpaired) electrons. The van der Waals surface area contributed by atoms with Gasteiger partial charge in [0.05, 0.1) is 0 Å². The van der Waals surface area contributed by atoms with E-state index >= 15 is 0 Å². The van der Waals surface area contributed by atoms with Gasteiger partial charge < -0.3 is 0 Å². The molecule has 0 amide bonds. The molecule has 0 heteroatoms. The van der Waals surface area contributed by atoms with E-state index in [1.165, 1.54) is 49.7 Å². The molecule has 2 saturated carbocycles. The summed E-state index contributed by atoms with van der Waals surface area (Å²) in [6.07, 6.45) is 7.94. The van der Waals surface area contributed by atoms with Gasteiger partial charge in [-0.15, -0.1) is 0 Å². The maximum atomic E-state index is 3.76. The highest BCUT2D eigenvalue weighted by Crippen LogP contribution is 2.22. The Hall–Kier alpha value is -0.520. The van der Waals surface area contributed by atoms with Crippen molar-refractivity contribution >= 4 is 0 Å². The number of hydrogen-bond acceptors (Lipinski definition) is 0. The van der Waals surface area contributed by atoms with E-state index in [0.29, 0.717) is 0 Å².